The summed E-state index contributed by atoms with van der Waals surface area (Å²) in [6, 6.07) is 15.2. The first kappa shape index (κ1) is 23.6. The highest BCUT2D eigenvalue weighted by molar-refractivity contribution is 6.01. The number of aliphatic hydroxyl groups is 1. The molecule has 0 spiro atoms. The second-order valence-corrected chi connectivity index (χ2v) is 10.5. The van der Waals surface area contributed by atoms with E-state index >= 15 is 4.39 Å². The highest BCUT2D eigenvalue weighted by Crippen LogP contribution is 2.48. The molecule has 2 atom stereocenters. The van der Waals surface area contributed by atoms with Gasteiger partial charge in [0.15, 0.2) is 0 Å². The van der Waals surface area contributed by atoms with Crippen LogP contribution in [0.1, 0.15) is 55.7 Å². The summed E-state index contributed by atoms with van der Waals surface area (Å²) < 4.78 is 16.0. The maximum Gasteiger partial charge on any atom is 0.234 e. The number of likely N-dealkylation sites (tertiary alicyclic amines) is 1. The van der Waals surface area contributed by atoms with Crippen LogP contribution in [0.25, 0.3) is 10.9 Å². The molecule has 2 aliphatic rings. The van der Waals surface area contributed by atoms with Gasteiger partial charge in [-0.25, -0.2) is 4.39 Å². The molecule has 1 aromatic heterocycles. The lowest BCUT2D eigenvalue weighted by Crippen LogP contribution is -2.55. The van der Waals surface area contributed by atoms with Crippen LogP contribution < -0.4 is 5.32 Å². The van der Waals surface area contributed by atoms with Crippen molar-refractivity contribution in [3.8, 4) is 0 Å². The summed E-state index contributed by atoms with van der Waals surface area (Å²) in [5.74, 6) is -1.73. The third-order valence-electron chi connectivity index (χ3n) is 7.68. The van der Waals surface area contributed by atoms with E-state index in [2.05, 4.69) is 27.3 Å². The van der Waals surface area contributed by atoms with Crippen LogP contribution in [0.4, 0.5) is 4.39 Å². The first-order valence-electron chi connectivity index (χ1n) is 12.1. The van der Waals surface area contributed by atoms with Crippen LogP contribution in [0.5, 0.6) is 0 Å². The molecule has 35 heavy (non-hydrogen) atoms. The summed E-state index contributed by atoms with van der Waals surface area (Å²) in [7, 11) is 0. The molecular formula is C28H30FN3O3. The summed E-state index contributed by atoms with van der Waals surface area (Å²) in [6.45, 7) is 5.99. The minimum atomic E-state index is -1.36. The summed E-state index contributed by atoms with van der Waals surface area (Å²) in [4.78, 5) is 30.5. The number of benzene rings is 2. The van der Waals surface area contributed by atoms with Gasteiger partial charge < -0.3 is 5.11 Å². The monoisotopic (exact) mass is 475 g/mol. The quantitative estimate of drug-likeness (QED) is 0.557. The number of imide groups is 1. The maximum absolute atomic E-state index is 16.0. The molecule has 6 nitrogen and oxygen atoms in total. The first-order valence-corrected chi connectivity index (χ1v) is 12.1. The molecule has 2 aliphatic heterocycles. The number of carbonyl (C=O) groups excluding carboxylic acids is 2. The molecular weight excluding hydrogens is 445 g/mol. The van der Waals surface area contributed by atoms with Crippen molar-refractivity contribution >= 4 is 22.7 Å². The van der Waals surface area contributed by atoms with Crippen molar-refractivity contribution in [2.45, 2.75) is 51.2 Å². The lowest BCUT2D eigenvalue weighted by Gasteiger charge is -2.50. The largest absolute Gasteiger partial charge is 0.384 e. The number of aromatic nitrogens is 1. The number of rotatable bonds is 4. The highest BCUT2D eigenvalue weighted by atomic mass is 19.1. The summed E-state index contributed by atoms with van der Waals surface area (Å²) in [5, 5.41) is 14.5. The predicted octanol–water partition coefficient (Wildman–Crippen LogP) is 4.01. The average Bonchev–Trinajstić information content (AvgIpc) is 2.82. The third-order valence-corrected chi connectivity index (χ3v) is 7.68. The topological polar surface area (TPSA) is 82.5 Å². The van der Waals surface area contributed by atoms with Crippen LogP contribution in [0.2, 0.25) is 0 Å². The molecule has 0 saturated carbocycles. The van der Waals surface area contributed by atoms with Gasteiger partial charge in [0.25, 0.3) is 0 Å². The lowest BCUT2D eigenvalue weighted by molar-refractivity contribution is -0.134. The fraction of sp³-hybridized carbons (Fsp3) is 0.393. The Hall–Kier alpha value is -3.16. The van der Waals surface area contributed by atoms with Crippen molar-refractivity contribution in [1.82, 2.24) is 15.2 Å². The molecule has 2 saturated heterocycles. The number of amides is 2. The predicted molar refractivity (Wildman–Crippen MR) is 131 cm³/mol. The van der Waals surface area contributed by atoms with Crippen molar-refractivity contribution in [2.24, 2.45) is 5.41 Å². The molecule has 2 fully saturated rings. The molecule has 2 N–H and O–H groups in total. The molecule has 0 aliphatic carbocycles. The standard InChI is InChI=1S/C28H30FN3O3/c1-27(2)17-32(16-18-6-4-3-5-7-18)13-12-28(27,35)22-9-10-23-21(25(22)29)14-19(15-30-23)20-8-11-24(33)31-26(20)34/h3-7,9-10,14-15,20,35H,8,11-13,16-17H2,1-2H3,(H,31,33,34). The minimum absolute atomic E-state index is 0.240. The van der Waals surface area contributed by atoms with Crippen molar-refractivity contribution in [3.63, 3.8) is 0 Å². The van der Waals surface area contributed by atoms with Gasteiger partial charge in [-0.15, -0.1) is 0 Å². The third kappa shape index (κ3) is 4.23. The summed E-state index contributed by atoms with van der Waals surface area (Å²) in [6.07, 6.45) is 2.58. The number of hydrogen-bond acceptors (Lipinski definition) is 5. The van der Waals surface area contributed by atoms with E-state index in [0.717, 1.165) is 6.54 Å². The molecule has 2 unspecified atom stereocenters. The fourth-order valence-electron chi connectivity index (χ4n) is 5.61. The van der Waals surface area contributed by atoms with E-state index in [1.165, 1.54) is 5.56 Å². The van der Waals surface area contributed by atoms with Crippen molar-refractivity contribution in [1.29, 1.82) is 0 Å². The number of nitrogens with zero attached hydrogens (tertiary/aromatic N) is 2. The van der Waals surface area contributed by atoms with Crippen LogP contribution >= 0.6 is 0 Å². The second-order valence-electron chi connectivity index (χ2n) is 10.5. The first-order chi connectivity index (χ1) is 16.7. The van der Waals surface area contributed by atoms with Crippen LogP contribution in [-0.2, 0) is 21.7 Å². The minimum Gasteiger partial charge on any atom is -0.384 e. The molecule has 3 heterocycles. The van der Waals surface area contributed by atoms with Crippen molar-refractivity contribution in [2.75, 3.05) is 13.1 Å². The zero-order chi connectivity index (χ0) is 24.8. The average molecular weight is 476 g/mol. The normalized spacial score (nSPS) is 25.0. The molecule has 3 aromatic rings. The second kappa shape index (κ2) is 8.81. The smallest absolute Gasteiger partial charge is 0.234 e. The van der Waals surface area contributed by atoms with E-state index in [9.17, 15) is 14.7 Å². The van der Waals surface area contributed by atoms with Crippen molar-refractivity contribution < 1.29 is 19.1 Å². The fourth-order valence-corrected chi connectivity index (χ4v) is 5.61. The van der Waals surface area contributed by atoms with E-state index in [1.54, 1.807) is 24.4 Å². The Morgan fingerprint density at radius 1 is 1.17 bits per heavy atom. The van der Waals surface area contributed by atoms with E-state index in [0.29, 0.717) is 37.0 Å². The van der Waals surface area contributed by atoms with E-state index in [4.69, 9.17) is 0 Å². The molecule has 0 bridgehead atoms. The molecule has 182 valence electrons. The highest BCUT2D eigenvalue weighted by Gasteiger charge is 2.50. The van der Waals surface area contributed by atoms with E-state index < -0.39 is 22.8 Å². The van der Waals surface area contributed by atoms with Gasteiger partial charge >= 0.3 is 0 Å². The van der Waals surface area contributed by atoms with Gasteiger partial charge in [-0.2, -0.15) is 0 Å². The Morgan fingerprint density at radius 2 is 1.94 bits per heavy atom. The van der Waals surface area contributed by atoms with Gasteiger partial charge in [0, 0.05) is 48.6 Å². The number of nitrogens with one attached hydrogen (secondary N) is 1. The number of carbonyl (C=O) groups is 2. The van der Waals surface area contributed by atoms with Gasteiger partial charge in [-0.1, -0.05) is 50.2 Å². The lowest BCUT2D eigenvalue weighted by atomic mass is 9.66. The Balaban J connectivity index is 1.46. The SMILES string of the molecule is CC1(C)CN(Cc2ccccc2)CCC1(O)c1ccc2ncc(C3CCC(=O)NC3=O)cc2c1F. The summed E-state index contributed by atoms with van der Waals surface area (Å²) >= 11 is 0. The van der Waals surface area contributed by atoms with Gasteiger partial charge in [0.2, 0.25) is 11.8 Å². The van der Waals surface area contributed by atoms with Crippen LogP contribution in [0.15, 0.2) is 54.7 Å². The number of halogens is 1. The van der Waals surface area contributed by atoms with Crippen LogP contribution in [0, 0.1) is 11.2 Å². The number of fused-ring (bicyclic) bond motifs is 1. The molecule has 2 amide bonds. The maximum atomic E-state index is 16.0. The molecule has 0 radical (unpaired) electrons. The van der Waals surface area contributed by atoms with Gasteiger partial charge in [-0.3, -0.25) is 24.8 Å². The van der Waals surface area contributed by atoms with Crippen LogP contribution in [0.3, 0.4) is 0 Å². The number of hydrogen-bond donors (Lipinski definition) is 2. The van der Waals surface area contributed by atoms with Gasteiger partial charge in [-0.05, 0) is 36.1 Å². The van der Waals surface area contributed by atoms with Gasteiger partial charge in [0.05, 0.1) is 17.0 Å². The Kier molecular flexibility index (Phi) is 5.93. The summed E-state index contributed by atoms with van der Waals surface area (Å²) in [5.41, 5.74) is 0.536. The van der Waals surface area contributed by atoms with E-state index in [-0.39, 0.29) is 29.2 Å². The Labute approximate surface area is 204 Å². The Bertz CT molecular complexity index is 1290. The number of pyridine rings is 1. The number of piperidine rings is 2. The zero-order valence-electron chi connectivity index (χ0n) is 20.1. The molecule has 7 heteroatoms. The zero-order valence-corrected chi connectivity index (χ0v) is 20.1. The molecule has 2 aromatic carbocycles. The van der Waals surface area contributed by atoms with Crippen LogP contribution in [-0.4, -0.2) is 39.9 Å². The Morgan fingerprint density at radius 3 is 2.66 bits per heavy atom. The van der Waals surface area contributed by atoms with E-state index in [1.807, 2.05) is 32.0 Å². The van der Waals surface area contributed by atoms with Gasteiger partial charge in [0.1, 0.15) is 5.82 Å². The van der Waals surface area contributed by atoms with Crippen molar-refractivity contribution in [3.05, 3.63) is 77.2 Å². The molecule has 5 rings (SSSR count).